The molecule has 10 nitrogen and oxygen atoms in total. The van der Waals surface area contributed by atoms with Gasteiger partial charge in [-0.25, -0.2) is 9.59 Å². The van der Waals surface area contributed by atoms with E-state index in [4.69, 9.17) is 16.3 Å². The van der Waals surface area contributed by atoms with Crippen molar-refractivity contribution in [3.8, 4) is 5.75 Å². The number of aromatic hydroxyl groups is 1. The lowest BCUT2D eigenvalue weighted by molar-refractivity contribution is -0.142. The zero-order valence-corrected chi connectivity index (χ0v) is 28.4. The molecule has 2 aromatic rings. The summed E-state index contributed by atoms with van der Waals surface area (Å²) in [5, 5.41) is 13.2. The Hall–Kier alpha value is -3.50. The van der Waals surface area contributed by atoms with E-state index in [0.29, 0.717) is 62.6 Å². The first-order valence-corrected chi connectivity index (χ1v) is 17.6. The molecule has 2 N–H and O–H groups in total. The van der Waals surface area contributed by atoms with E-state index in [0.717, 1.165) is 43.6 Å². The Kier molecular flexibility index (Phi) is 10.2. The van der Waals surface area contributed by atoms with Crippen LogP contribution in [0.15, 0.2) is 42.5 Å². The summed E-state index contributed by atoms with van der Waals surface area (Å²) in [4.78, 5) is 48.5. The number of hydrogen-bond donors (Lipinski definition) is 2. The van der Waals surface area contributed by atoms with Gasteiger partial charge in [0.05, 0.1) is 5.02 Å². The van der Waals surface area contributed by atoms with Crippen LogP contribution in [0.5, 0.6) is 5.75 Å². The van der Waals surface area contributed by atoms with Crippen LogP contribution in [0.3, 0.4) is 0 Å². The fraction of sp³-hybridized carbons (Fsp3) is 0.583. The minimum Gasteiger partial charge on any atom is -0.506 e. The molecule has 0 bridgehead atoms. The lowest BCUT2D eigenvalue weighted by atomic mass is 9.82. The van der Waals surface area contributed by atoms with Crippen LogP contribution in [0.1, 0.15) is 63.5 Å². The SMILES string of the molecule is CC1(C)CCN(C2CCN(C(=O)[C@@H](Cc3ccc(O)c(Cl)c3)OC(=O)N3CCC(N4CCc5ccccc5NC4=O)CC3)CC2)CC1. The third-order valence-electron chi connectivity index (χ3n) is 10.7. The predicted molar refractivity (Wildman–Crippen MR) is 182 cm³/mol. The summed E-state index contributed by atoms with van der Waals surface area (Å²) in [6.45, 7) is 9.61. The molecule has 0 aromatic heterocycles. The molecule has 47 heavy (non-hydrogen) atoms. The number of carbonyl (C=O) groups is 3. The zero-order chi connectivity index (χ0) is 33.1. The van der Waals surface area contributed by atoms with Gasteiger partial charge in [0.1, 0.15) is 5.75 Å². The second kappa shape index (κ2) is 14.3. The van der Waals surface area contributed by atoms with Gasteiger partial charge in [-0.3, -0.25) is 4.79 Å². The Morgan fingerprint density at radius 2 is 1.60 bits per heavy atom. The fourth-order valence-electron chi connectivity index (χ4n) is 7.51. The molecule has 2 aromatic carbocycles. The van der Waals surface area contributed by atoms with Crippen LogP contribution in [-0.4, -0.2) is 107 Å². The number of nitrogens with one attached hydrogen (secondary N) is 1. The molecule has 6 rings (SSSR count). The van der Waals surface area contributed by atoms with Gasteiger partial charge in [-0.05, 0) is 92.8 Å². The van der Waals surface area contributed by atoms with Gasteiger partial charge in [0.2, 0.25) is 0 Å². The Bertz CT molecular complexity index is 1440. The Labute approximate surface area is 283 Å². The van der Waals surface area contributed by atoms with Crippen LogP contribution in [-0.2, 0) is 22.4 Å². The van der Waals surface area contributed by atoms with Crippen LogP contribution in [0, 0.1) is 5.41 Å². The molecule has 3 saturated heterocycles. The molecule has 0 aliphatic carbocycles. The summed E-state index contributed by atoms with van der Waals surface area (Å²) in [7, 11) is 0. The molecular weight excluding hydrogens is 618 g/mol. The molecule has 0 spiro atoms. The smallest absolute Gasteiger partial charge is 0.410 e. The van der Waals surface area contributed by atoms with E-state index in [-0.39, 0.29) is 35.2 Å². The van der Waals surface area contributed by atoms with Crippen molar-refractivity contribution >= 4 is 35.3 Å². The van der Waals surface area contributed by atoms with Crippen LogP contribution >= 0.6 is 11.6 Å². The van der Waals surface area contributed by atoms with E-state index in [1.807, 2.05) is 34.1 Å². The van der Waals surface area contributed by atoms with Gasteiger partial charge in [0.15, 0.2) is 6.10 Å². The molecule has 11 heteroatoms. The largest absolute Gasteiger partial charge is 0.506 e. The van der Waals surface area contributed by atoms with Crippen molar-refractivity contribution in [2.45, 2.75) is 83.4 Å². The number of likely N-dealkylation sites (tertiary alicyclic amines) is 3. The van der Waals surface area contributed by atoms with Gasteiger partial charge in [-0.1, -0.05) is 49.7 Å². The highest BCUT2D eigenvalue weighted by atomic mass is 35.5. The van der Waals surface area contributed by atoms with Crippen molar-refractivity contribution in [3.63, 3.8) is 0 Å². The topological polar surface area (TPSA) is 106 Å². The van der Waals surface area contributed by atoms with E-state index in [1.165, 1.54) is 18.9 Å². The molecule has 0 radical (unpaired) electrons. The number of phenols is 1. The number of carbonyl (C=O) groups excluding carboxylic acids is 3. The third-order valence-corrected chi connectivity index (χ3v) is 11.0. The molecule has 4 aliphatic rings. The number of benzene rings is 2. The highest BCUT2D eigenvalue weighted by molar-refractivity contribution is 6.32. The van der Waals surface area contributed by atoms with Crippen molar-refractivity contribution in [1.29, 1.82) is 0 Å². The molecule has 4 amide bonds. The van der Waals surface area contributed by atoms with Gasteiger partial charge < -0.3 is 34.8 Å². The van der Waals surface area contributed by atoms with Crippen molar-refractivity contribution in [1.82, 2.24) is 19.6 Å². The minimum absolute atomic E-state index is 0.0113. The zero-order valence-electron chi connectivity index (χ0n) is 27.6. The van der Waals surface area contributed by atoms with Crippen molar-refractivity contribution < 1.29 is 24.2 Å². The van der Waals surface area contributed by atoms with Crippen LogP contribution in [0.4, 0.5) is 15.3 Å². The second-order valence-corrected chi connectivity index (χ2v) is 14.8. The van der Waals surface area contributed by atoms with E-state index in [2.05, 4.69) is 24.1 Å². The average molecular weight is 666 g/mol. The second-order valence-electron chi connectivity index (χ2n) is 14.4. The average Bonchev–Trinajstić information content (AvgIpc) is 3.24. The maximum Gasteiger partial charge on any atom is 0.410 e. The quantitative estimate of drug-likeness (QED) is 0.407. The summed E-state index contributed by atoms with van der Waals surface area (Å²) in [6.07, 6.45) is 4.85. The van der Waals surface area contributed by atoms with Gasteiger partial charge in [-0.2, -0.15) is 0 Å². The summed E-state index contributed by atoms with van der Waals surface area (Å²) in [5.74, 6) is -0.236. The lowest BCUT2D eigenvalue weighted by Gasteiger charge is -2.44. The number of piperidine rings is 3. The highest BCUT2D eigenvalue weighted by Crippen LogP contribution is 2.33. The lowest BCUT2D eigenvalue weighted by Crippen LogP contribution is -2.53. The predicted octanol–water partition coefficient (Wildman–Crippen LogP) is 5.76. The van der Waals surface area contributed by atoms with Crippen LogP contribution in [0.25, 0.3) is 0 Å². The molecule has 0 unspecified atom stereocenters. The standard InChI is InChI=1S/C36H48ClN5O5/c1-36(2)14-21-39(22-15-36)27-10-16-40(17-11-27)33(44)32(24-25-7-8-31(43)29(37)23-25)47-35(46)41-18-12-28(13-19-41)42-20-9-26-5-3-4-6-30(26)38-34(42)45/h3-8,23,27-28,32,43H,9-22,24H2,1-2H3,(H,38,45)/t32-/m1/s1. The van der Waals surface area contributed by atoms with Gasteiger partial charge >= 0.3 is 12.1 Å². The number of nitrogens with zero attached hydrogens (tertiary/aromatic N) is 4. The minimum atomic E-state index is -1.01. The first kappa shape index (κ1) is 33.4. The van der Waals surface area contributed by atoms with Crippen molar-refractivity contribution in [2.24, 2.45) is 5.41 Å². The number of hydrogen-bond acceptors (Lipinski definition) is 6. The monoisotopic (exact) mass is 665 g/mol. The Morgan fingerprint density at radius 3 is 2.30 bits per heavy atom. The van der Waals surface area contributed by atoms with E-state index >= 15 is 0 Å². The summed E-state index contributed by atoms with van der Waals surface area (Å²) < 4.78 is 6.00. The fourth-order valence-corrected chi connectivity index (χ4v) is 7.72. The molecule has 3 fully saturated rings. The van der Waals surface area contributed by atoms with Gasteiger partial charge in [-0.15, -0.1) is 0 Å². The number of ether oxygens (including phenoxy) is 1. The molecular formula is C36H48ClN5O5. The summed E-state index contributed by atoms with van der Waals surface area (Å²) >= 11 is 6.19. The number of anilines is 1. The van der Waals surface area contributed by atoms with Crippen LogP contribution < -0.4 is 5.32 Å². The van der Waals surface area contributed by atoms with Gasteiger partial charge in [0.25, 0.3) is 5.91 Å². The summed E-state index contributed by atoms with van der Waals surface area (Å²) in [6, 6.07) is 13.1. The third kappa shape index (κ3) is 7.97. The van der Waals surface area contributed by atoms with E-state index in [9.17, 15) is 19.5 Å². The number of fused-ring (bicyclic) bond motifs is 1. The Balaban J connectivity index is 1.06. The maximum atomic E-state index is 13.9. The molecule has 4 heterocycles. The van der Waals surface area contributed by atoms with E-state index < -0.39 is 12.2 Å². The molecule has 1 atom stereocenters. The number of halogens is 1. The molecule has 254 valence electrons. The normalized spacial score (nSPS) is 21.9. The number of rotatable bonds is 6. The Morgan fingerprint density at radius 1 is 0.936 bits per heavy atom. The number of urea groups is 1. The molecule has 0 saturated carbocycles. The van der Waals surface area contributed by atoms with Crippen molar-refractivity contribution in [2.75, 3.05) is 51.1 Å². The maximum absolute atomic E-state index is 13.9. The van der Waals surface area contributed by atoms with E-state index in [1.54, 1.807) is 17.0 Å². The number of para-hydroxylation sites is 1. The molecule has 4 aliphatic heterocycles. The first-order valence-electron chi connectivity index (χ1n) is 17.2. The highest BCUT2D eigenvalue weighted by Gasteiger charge is 2.37. The summed E-state index contributed by atoms with van der Waals surface area (Å²) in [5.41, 5.74) is 3.07. The number of amides is 4. The first-order chi connectivity index (χ1) is 22.6. The van der Waals surface area contributed by atoms with Gasteiger partial charge in [0, 0.05) is 56.9 Å². The van der Waals surface area contributed by atoms with Crippen molar-refractivity contribution in [3.05, 3.63) is 58.6 Å². The number of phenolic OH excluding ortho intramolecular Hbond substituents is 1. The van der Waals surface area contributed by atoms with Crippen LogP contribution in [0.2, 0.25) is 5.02 Å².